The monoisotopic (exact) mass is 207 g/mol. The van der Waals surface area contributed by atoms with Crippen LogP contribution in [0.3, 0.4) is 0 Å². The lowest BCUT2D eigenvalue weighted by molar-refractivity contribution is 0.0702. The summed E-state index contributed by atoms with van der Waals surface area (Å²) in [5, 5.41) is 8.59. The molecular weight excluding hydrogens is 194 g/mol. The zero-order chi connectivity index (χ0) is 8.81. The van der Waals surface area contributed by atoms with E-state index in [0.29, 0.717) is 5.75 Å². The molecule has 1 aliphatic rings. The van der Waals surface area contributed by atoms with Crippen LogP contribution >= 0.6 is 24.0 Å². The van der Waals surface area contributed by atoms with Crippen molar-refractivity contribution in [2.75, 3.05) is 38.7 Å². The molecule has 1 saturated heterocycles. The molecular formula is C7H13NO2S2. The Morgan fingerprint density at radius 2 is 2.17 bits per heavy atom. The maximum atomic E-state index is 8.59. The number of aliphatic hydroxyl groups is 1. The minimum atomic E-state index is 0.190. The van der Waals surface area contributed by atoms with Crippen LogP contribution in [0.5, 0.6) is 0 Å². The van der Waals surface area contributed by atoms with Gasteiger partial charge in [0.1, 0.15) is 4.32 Å². The van der Waals surface area contributed by atoms with Gasteiger partial charge in [-0.1, -0.05) is 24.0 Å². The summed E-state index contributed by atoms with van der Waals surface area (Å²) in [6, 6.07) is 0. The van der Waals surface area contributed by atoms with Crippen LogP contribution in [0.1, 0.15) is 0 Å². The van der Waals surface area contributed by atoms with Gasteiger partial charge in [-0.2, -0.15) is 0 Å². The first kappa shape index (κ1) is 10.2. The highest BCUT2D eigenvalue weighted by Crippen LogP contribution is 2.10. The van der Waals surface area contributed by atoms with E-state index in [0.717, 1.165) is 30.6 Å². The van der Waals surface area contributed by atoms with E-state index in [1.807, 2.05) is 0 Å². The molecule has 0 aromatic rings. The summed E-state index contributed by atoms with van der Waals surface area (Å²) in [5.74, 6) is 0.691. The molecule has 70 valence electrons. The van der Waals surface area contributed by atoms with Gasteiger partial charge >= 0.3 is 0 Å². The van der Waals surface area contributed by atoms with Crippen molar-refractivity contribution in [1.82, 2.24) is 4.90 Å². The number of thiocarbonyl (C=S) groups is 1. The van der Waals surface area contributed by atoms with Crippen molar-refractivity contribution in [1.29, 1.82) is 0 Å². The summed E-state index contributed by atoms with van der Waals surface area (Å²) < 4.78 is 6.08. The topological polar surface area (TPSA) is 32.7 Å². The lowest BCUT2D eigenvalue weighted by Gasteiger charge is -2.28. The first-order chi connectivity index (χ1) is 5.84. The van der Waals surface area contributed by atoms with Crippen LogP contribution in [0.25, 0.3) is 0 Å². The normalized spacial score (nSPS) is 17.9. The minimum Gasteiger partial charge on any atom is -0.396 e. The number of aliphatic hydroxyl groups excluding tert-OH is 1. The van der Waals surface area contributed by atoms with Crippen LogP contribution in [0.15, 0.2) is 0 Å². The Hall–Kier alpha value is 0.160. The molecule has 3 nitrogen and oxygen atoms in total. The lowest BCUT2D eigenvalue weighted by atomic mass is 10.5. The van der Waals surface area contributed by atoms with Crippen molar-refractivity contribution in [2.45, 2.75) is 0 Å². The van der Waals surface area contributed by atoms with Crippen molar-refractivity contribution in [2.24, 2.45) is 0 Å². The molecule has 1 N–H and O–H groups in total. The molecule has 0 spiro atoms. The Bertz CT molecular complexity index is 148. The van der Waals surface area contributed by atoms with Gasteiger partial charge in [0.05, 0.1) is 19.8 Å². The summed E-state index contributed by atoms with van der Waals surface area (Å²) in [7, 11) is 0. The zero-order valence-electron chi connectivity index (χ0n) is 6.86. The molecule has 0 atom stereocenters. The molecule has 0 aliphatic carbocycles. The summed E-state index contributed by atoms with van der Waals surface area (Å²) in [6.45, 7) is 3.49. The molecule has 12 heavy (non-hydrogen) atoms. The first-order valence-corrected chi connectivity index (χ1v) is 5.34. The van der Waals surface area contributed by atoms with E-state index in [1.165, 1.54) is 11.8 Å². The number of morpholine rings is 1. The molecule has 0 amide bonds. The Kier molecular flexibility index (Phi) is 4.90. The average Bonchev–Trinajstić information content (AvgIpc) is 2.15. The van der Waals surface area contributed by atoms with Crippen molar-refractivity contribution in [3.05, 3.63) is 0 Å². The largest absolute Gasteiger partial charge is 0.396 e. The number of thioether (sulfide) groups is 1. The third-order valence-electron chi connectivity index (χ3n) is 1.59. The van der Waals surface area contributed by atoms with E-state index < -0.39 is 0 Å². The minimum absolute atomic E-state index is 0.190. The van der Waals surface area contributed by atoms with Crippen LogP contribution in [-0.4, -0.2) is 53.0 Å². The first-order valence-electron chi connectivity index (χ1n) is 3.95. The highest BCUT2D eigenvalue weighted by molar-refractivity contribution is 8.22. The Morgan fingerprint density at radius 1 is 1.50 bits per heavy atom. The van der Waals surface area contributed by atoms with Gasteiger partial charge in [0.15, 0.2) is 0 Å². The van der Waals surface area contributed by atoms with Crippen LogP contribution in [0.4, 0.5) is 0 Å². The molecule has 0 aromatic heterocycles. The van der Waals surface area contributed by atoms with Crippen LogP contribution in [-0.2, 0) is 4.74 Å². The van der Waals surface area contributed by atoms with E-state index in [4.69, 9.17) is 22.1 Å². The summed E-state index contributed by atoms with van der Waals surface area (Å²) in [5.41, 5.74) is 0. The number of hydrogen-bond donors (Lipinski definition) is 1. The number of nitrogens with zero attached hydrogens (tertiary/aromatic N) is 1. The van der Waals surface area contributed by atoms with Gasteiger partial charge in [-0.15, -0.1) is 0 Å². The van der Waals surface area contributed by atoms with E-state index in [2.05, 4.69) is 4.90 Å². The molecule has 1 aliphatic heterocycles. The molecule has 0 aromatic carbocycles. The molecule has 1 rings (SSSR count). The quantitative estimate of drug-likeness (QED) is 0.660. The van der Waals surface area contributed by atoms with Crippen LogP contribution < -0.4 is 0 Å². The molecule has 0 unspecified atom stereocenters. The second-order valence-electron chi connectivity index (χ2n) is 2.44. The van der Waals surface area contributed by atoms with Crippen LogP contribution in [0.2, 0.25) is 0 Å². The maximum Gasteiger partial charge on any atom is 0.136 e. The number of hydrogen-bond acceptors (Lipinski definition) is 4. The SMILES string of the molecule is OCCSC(=S)N1CCOCC1. The predicted octanol–water partition coefficient (Wildman–Crippen LogP) is 0.329. The van der Waals surface area contributed by atoms with Gasteiger partial charge in [0.25, 0.3) is 0 Å². The van der Waals surface area contributed by atoms with Crippen molar-refractivity contribution in [3.8, 4) is 0 Å². The second kappa shape index (κ2) is 5.75. The molecule has 0 radical (unpaired) electrons. The summed E-state index contributed by atoms with van der Waals surface area (Å²) >= 11 is 6.70. The highest BCUT2D eigenvalue weighted by atomic mass is 32.2. The van der Waals surface area contributed by atoms with Gasteiger partial charge in [0.2, 0.25) is 0 Å². The Balaban J connectivity index is 2.20. The summed E-state index contributed by atoms with van der Waals surface area (Å²) in [6.07, 6.45) is 0. The zero-order valence-corrected chi connectivity index (χ0v) is 8.49. The third-order valence-corrected chi connectivity index (χ3v) is 3.09. The van der Waals surface area contributed by atoms with E-state index in [1.54, 1.807) is 0 Å². The maximum absolute atomic E-state index is 8.59. The van der Waals surface area contributed by atoms with Crippen molar-refractivity contribution >= 4 is 28.3 Å². The highest BCUT2D eigenvalue weighted by Gasteiger charge is 2.12. The lowest BCUT2D eigenvalue weighted by Crippen LogP contribution is -2.38. The predicted molar refractivity (Wildman–Crippen MR) is 54.5 cm³/mol. The fraction of sp³-hybridized carbons (Fsp3) is 0.857. The molecule has 5 heteroatoms. The standard InChI is InChI=1S/C7H13NO2S2/c9-3-6-12-7(11)8-1-4-10-5-2-8/h9H,1-6H2. The summed E-state index contributed by atoms with van der Waals surface area (Å²) in [4.78, 5) is 2.12. The fourth-order valence-electron chi connectivity index (χ4n) is 0.970. The van der Waals surface area contributed by atoms with Crippen LogP contribution in [0, 0.1) is 0 Å². The van der Waals surface area contributed by atoms with Gasteiger partial charge in [-0.25, -0.2) is 0 Å². The van der Waals surface area contributed by atoms with Crippen molar-refractivity contribution in [3.63, 3.8) is 0 Å². The molecule has 1 heterocycles. The third kappa shape index (κ3) is 3.26. The van der Waals surface area contributed by atoms with E-state index >= 15 is 0 Å². The van der Waals surface area contributed by atoms with Crippen molar-refractivity contribution < 1.29 is 9.84 Å². The second-order valence-corrected chi connectivity index (χ2v) is 4.17. The number of ether oxygens (including phenoxy) is 1. The van der Waals surface area contributed by atoms with E-state index in [9.17, 15) is 0 Å². The molecule has 0 bridgehead atoms. The number of rotatable bonds is 2. The smallest absolute Gasteiger partial charge is 0.136 e. The van der Waals surface area contributed by atoms with Gasteiger partial charge < -0.3 is 14.7 Å². The van der Waals surface area contributed by atoms with E-state index in [-0.39, 0.29) is 6.61 Å². The Morgan fingerprint density at radius 3 is 2.75 bits per heavy atom. The Labute approximate surface area is 82.1 Å². The molecule has 1 fully saturated rings. The van der Waals surface area contributed by atoms with Gasteiger partial charge in [-0.3, -0.25) is 0 Å². The van der Waals surface area contributed by atoms with Gasteiger partial charge in [0, 0.05) is 18.8 Å². The van der Waals surface area contributed by atoms with Gasteiger partial charge in [-0.05, 0) is 0 Å². The fourth-order valence-corrected chi connectivity index (χ4v) is 2.03. The average molecular weight is 207 g/mol. The molecule has 0 saturated carbocycles.